The van der Waals surface area contributed by atoms with Gasteiger partial charge in [-0.1, -0.05) is 182 Å². The zero-order valence-electron chi connectivity index (χ0n) is 31.4. The molecule has 1 unspecified atom stereocenters. The molecule has 0 amide bonds. The number of hydrogen-bond acceptors (Lipinski definition) is 3. The van der Waals surface area contributed by atoms with Crippen LogP contribution in [0, 0.1) is 0 Å². The Bertz CT molecular complexity index is 3260. The van der Waals surface area contributed by atoms with Gasteiger partial charge in [-0.3, -0.25) is 0 Å². The number of aromatic nitrogens is 2. The van der Waals surface area contributed by atoms with Gasteiger partial charge in [-0.2, -0.15) is 0 Å². The van der Waals surface area contributed by atoms with Gasteiger partial charge in [0.25, 0.3) is 0 Å². The van der Waals surface area contributed by atoms with Crippen LogP contribution in [-0.4, -0.2) is 9.97 Å². The first-order valence-electron chi connectivity index (χ1n) is 19.8. The first-order chi connectivity index (χ1) is 28.7. The lowest BCUT2D eigenvalue weighted by molar-refractivity contribution is 0.723. The number of rotatable bonds is 4. The van der Waals surface area contributed by atoms with Crippen LogP contribution in [0.15, 0.2) is 216 Å². The number of nitrogens with zero attached hydrogens (tertiary/aromatic N) is 2. The van der Waals surface area contributed by atoms with E-state index in [4.69, 9.17) is 9.97 Å². The van der Waals surface area contributed by atoms with Gasteiger partial charge in [0.05, 0.1) is 16.8 Å². The van der Waals surface area contributed by atoms with E-state index in [0.717, 1.165) is 28.1 Å². The molecule has 12 rings (SSSR count). The summed E-state index contributed by atoms with van der Waals surface area (Å²) >= 11 is 1.86. The molecule has 3 heteroatoms. The van der Waals surface area contributed by atoms with Crippen LogP contribution in [-0.2, 0) is 5.41 Å². The molecule has 0 bridgehead atoms. The fourth-order valence-corrected chi connectivity index (χ4v) is 10.6. The zero-order valence-corrected chi connectivity index (χ0v) is 32.2. The molecule has 1 aliphatic heterocycles. The van der Waals surface area contributed by atoms with Crippen LogP contribution in [0.4, 0.5) is 0 Å². The van der Waals surface area contributed by atoms with E-state index >= 15 is 0 Å². The maximum Gasteiger partial charge on any atom is 0.160 e. The van der Waals surface area contributed by atoms with E-state index in [2.05, 4.69) is 200 Å². The molecule has 0 fully saturated rings. The van der Waals surface area contributed by atoms with Crippen LogP contribution in [0.1, 0.15) is 22.3 Å². The lowest BCUT2D eigenvalue weighted by Crippen LogP contribution is -2.32. The highest BCUT2D eigenvalue weighted by atomic mass is 32.2. The fourth-order valence-electron chi connectivity index (χ4n) is 9.41. The lowest BCUT2D eigenvalue weighted by atomic mass is 9.67. The lowest BCUT2D eigenvalue weighted by Gasteiger charge is -2.40. The summed E-state index contributed by atoms with van der Waals surface area (Å²) in [5.41, 5.74) is 14.8. The predicted octanol–water partition coefficient (Wildman–Crippen LogP) is 14.3. The molecule has 2 heterocycles. The smallest absolute Gasteiger partial charge is 0.160 e. The zero-order chi connectivity index (χ0) is 38.2. The fraction of sp³-hybridized carbons (Fsp3) is 0.0182. The molecule has 2 nitrogen and oxygen atoms in total. The highest BCUT2D eigenvalue weighted by Crippen LogP contribution is 2.62. The maximum atomic E-state index is 5.26. The number of benzene rings is 9. The Labute approximate surface area is 341 Å². The van der Waals surface area contributed by atoms with Crippen molar-refractivity contribution >= 4 is 33.3 Å². The van der Waals surface area contributed by atoms with E-state index in [9.17, 15) is 0 Å². The summed E-state index contributed by atoms with van der Waals surface area (Å²) in [6.45, 7) is 0. The van der Waals surface area contributed by atoms with Crippen molar-refractivity contribution in [2.24, 2.45) is 0 Å². The van der Waals surface area contributed by atoms with Crippen molar-refractivity contribution in [3.8, 4) is 56.2 Å². The largest absolute Gasteiger partial charge is 0.228 e. The van der Waals surface area contributed by atoms with Crippen LogP contribution in [0.2, 0.25) is 0 Å². The molecule has 58 heavy (non-hydrogen) atoms. The topological polar surface area (TPSA) is 25.8 Å². The van der Waals surface area contributed by atoms with E-state index in [1.54, 1.807) is 0 Å². The normalized spacial score (nSPS) is 14.9. The Hall–Kier alpha value is -7.07. The summed E-state index contributed by atoms with van der Waals surface area (Å²) in [5.74, 6) is 0.712. The molecule has 1 aliphatic carbocycles. The third-order valence-electron chi connectivity index (χ3n) is 12.1. The van der Waals surface area contributed by atoms with Crippen LogP contribution < -0.4 is 0 Å². The molecule has 10 aromatic rings. The summed E-state index contributed by atoms with van der Waals surface area (Å²) in [6.07, 6.45) is 0. The maximum absolute atomic E-state index is 5.26. The molecule has 9 aromatic carbocycles. The summed E-state index contributed by atoms with van der Waals surface area (Å²) < 4.78 is 0. The molecule has 0 N–H and O–H groups in total. The quantitative estimate of drug-likeness (QED) is 0.179. The first kappa shape index (κ1) is 33.1. The molecular weight excluding hydrogens is 721 g/mol. The minimum Gasteiger partial charge on any atom is -0.228 e. The molecule has 0 saturated heterocycles. The number of fused-ring (bicyclic) bond motifs is 11. The highest BCUT2D eigenvalue weighted by molar-refractivity contribution is 7.99. The van der Waals surface area contributed by atoms with Crippen molar-refractivity contribution in [1.82, 2.24) is 9.97 Å². The molecule has 1 aromatic heterocycles. The van der Waals surface area contributed by atoms with Crippen molar-refractivity contribution in [2.75, 3.05) is 0 Å². The van der Waals surface area contributed by atoms with Gasteiger partial charge in [-0.15, -0.1) is 0 Å². The van der Waals surface area contributed by atoms with E-state index in [-0.39, 0.29) is 0 Å². The Balaban J connectivity index is 1.02. The predicted molar refractivity (Wildman–Crippen MR) is 240 cm³/mol. The molecule has 0 radical (unpaired) electrons. The van der Waals surface area contributed by atoms with E-state index in [0.29, 0.717) is 5.82 Å². The van der Waals surface area contributed by atoms with Gasteiger partial charge in [-0.25, -0.2) is 9.97 Å². The average Bonchev–Trinajstić information content (AvgIpc) is 3.57. The van der Waals surface area contributed by atoms with Gasteiger partial charge in [0.2, 0.25) is 0 Å². The van der Waals surface area contributed by atoms with Gasteiger partial charge in [0, 0.05) is 26.5 Å². The number of hydrogen-bond donors (Lipinski definition) is 0. The van der Waals surface area contributed by atoms with E-state index < -0.39 is 5.41 Å². The van der Waals surface area contributed by atoms with Gasteiger partial charge in [-0.05, 0) is 102 Å². The summed E-state index contributed by atoms with van der Waals surface area (Å²) in [6, 6.07) is 75.1. The van der Waals surface area contributed by atoms with Crippen molar-refractivity contribution in [2.45, 2.75) is 15.2 Å². The SMILES string of the molecule is c1ccc(-c2nc(-c3ccc(-c4ccc5ccccc5c4)cc3)cc(-c3ccc4c(c3)Sc3ccccc3C43c4ccccc4-c4cc5ccccc5cc43)n2)cc1. The van der Waals surface area contributed by atoms with Crippen molar-refractivity contribution < 1.29 is 0 Å². The van der Waals surface area contributed by atoms with Gasteiger partial charge in [0.15, 0.2) is 5.82 Å². The summed E-state index contributed by atoms with van der Waals surface area (Å²) in [7, 11) is 0. The van der Waals surface area contributed by atoms with Crippen LogP contribution in [0.5, 0.6) is 0 Å². The van der Waals surface area contributed by atoms with Crippen LogP contribution >= 0.6 is 11.8 Å². The van der Waals surface area contributed by atoms with Crippen LogP contribution in [0.3, 0.4) is 0 Å². The van der Waals surface area contributed by atoms with Crippen LogP contribution in [0.25, 0.3) is 77.7 Å². The molecular formula is C55H34N2S. The summed E-state index contributed by atoms with van der Waals surface area (Å²) in [5, 5.41) is 5.01. The van der Waals surface area contributed by atoms with Crippen molar-refractivity contribution in [3.05, 3.63) is 229 Å². The minimum absolute atomic E-state index is 0.454. The molecule has 1 spiro atoms. The van der Waals surface area contributed by atoms with E-state index in [1.165, 1.54) is 75.8 Å². The monoisotopic (exact) mass is 754 g/mol. The molecule has 270 valence electrons. The van der Waals surface area contributed by atoms with Gasteiger partial charge < -0.3 is 0 Å². The Morgan fingerprint density at radius 1 is 0.310 bits per heavy atom. The van der Waals surface area contributed by atoms with Gasteiger partial charge in [0.1, 0.15) is 0 Å². The molecule has 1 atom stereocenters. The molecule has 2 aliphatic rings. The Kier molecular flexibility index (Phi) is 7.41. The van der Waals surface area contributed by atoms with Crippen molar-refractivity contribution in [1.29, 1.82) is 0 Å². The van der Waals surface area contributed by atoms with E-state index in [1.807, 2.05) is 17.8 Å². The van der Waals surface area contributed by atoms with Gasteiger partial charge >= 0.3 is 0 Å². The Morgan fingerprint density at radius 2 is 0.897 bits per heavy atom. The molecule has 0 saturated carbocycles. The third-order valence-corrected chi connectivity index (χ3v) is 13.3. The third kappa shape index (κ3) is 5.07. The first-order valence-corrected chi connectivity index (χ1v) is 20.6. The minimum atomic E-state index is -0.454. The average molecular weight is 755 g/mol. The van der Waals surface area contributed by atoms with Crippen molar-refractivity contribution in [3.63, 3.8) is 0 Å². The second kappa shape index (κ2) is 13.0. The Morgan fingerprint density at radius 3 is 1.71 bits per heavy atom. The highest BCUT2D eigenvalue weighted by Gasteiger charge is 2.50. The second-order valence-electron chi connectivity index (χ2n) is 15.3. The standard InChI is InChI=1S/C55H34N2S/c1-2-13-38(14-3-1)54-56-50(37-25-22-36(23-26-37)42-27-24-35-12-4-5-15-39(35)30-42)34-51(57-54)43-28-29-48-53(33-43)58-52-21-11-10-20-47(52)55(48)46-19-9-8-18-44(46)45-31-40-16-6-7-17-41(40)32-49(45)55/h1-34H. The summed E-state index contributed by atoms with van der Waals surface area (Å²) in [4.78, 5) is 13.0. The second-order valence-corrected chi connectivity index (χ2v) is 16.4.